The second kappa shape index (κ2) is 9.75. The van der Waals surface area contributed by atoms with E-state index in [1.165, 1.54) is 11.1 Å². The van der Waals surface area contributed by atoms with Crippen LogP contribution in [-0.2, 0) is 11.2 Å². The summed E-state index contributed by atoms with van der Waals surface area (Å²) in [7, 11) is 0. The molecule has 2 atom stereocenters. The average molecular weight is 394 g/mol. The Morgan fingerprint density at radius 3 is 2.55 bits per heavy atom. The van der Waals surface area contributed by atoms with Crippen molar-refractivity contribution >= 4 is 5.91 Å². The molecular formula is C25H31NO3. The molecule has 0 spiro atoms. The van der Waals surface area contributed by atoms with Crippen LogP contribution in [0.4, 0.5) is 0 Å². The van der Waals surface area contributed by atoms with Crippen molar-refractivity contribution in [1.29, 1.82) is 0 Å². The maximum Gasteiger partial charge on any atom is 0.251 e. The van der Waals surface area contributed by atoms with E-state index in [1.54, 1.807) is 0 Å². The topological polar surface area (TPSA) is 50.9 Å². The van der Waals surface area contributed by atoms with Crippen molar-refractivity contribution in [1.82, 2.24) is 5.32 Å². The molecule has 3 rings (SSSR count). The van der Waals surface area contributed by atoms with E-state index in [1.807, 2.05) is 54.6 Å². The van der Waals surface area contributed by atoms with Gasteiger partial charge in [-0.2, -0.15) is 0 Å². The first-order valence-electron chi connectivity index (χ1n) is 10.3. The summed E-state index contributed by atoms with van der Waals surface area (Å²) in [5, 5.41) is 2.95. The fourth-order valence-corrected chi connectivity index (χ4v) is 3.30. The molecule has 1 amide bonds. The van der Waals surface area contributed by atoms with Gasteiger partial charge in [-0.1, -0.05) is 42.0 Å². The Morgan fingerprint density at radius 2 is 1.86 bits per heavy atom. The van der Waals surface area contributed by atoms with Gasteiger partial charge >= 0.3 is 0 Å². The zero-order valence-corrected chi connectivity index (χ0v) is 17.6. The van der Waals surface area contributed by atoms with Crippen LogP contribution in [0, 0.1) is 0 Å². The second-order valence-electron chi connectivity index (χ2n) is 8.07. The van der Waals surface area contributed by atoms with Crippen LogP contribution in [0.15, 0.2) is 66.2 Å². The van der Waals surface area contributed by atoms with Gasteiger partial charge in [0.15, 0.2) is 0 Å². The number of amides is 1. The van der Waals surface area contributed by atoms with Gasteiger partial charge in [-0.25, -0.2) is 0 Å². The maximum atomic E-state index is 12.0. The van der Waals surface area contributed by atoms with Gasteiger partial charge in [0.2, 0.25) is 0 Å². The van der Waals surface area contributed by atoms with Crippen molar-refractivity contribution in [2.24, 2.45) is 0 Å². The van der Waals surface area contributed by atoms with Crippen LogP contribution in [0.5, 0.6) is 5.75 Å². The van der Waals surface area contributed by atoms with E-state index < -0.39 is 0 Å². The molecule has 2 aromatic carbocycles. The summed E-state index contributed by atoms with van der Waals surface area (Å²) in [4.78, 5) is 12.0. The first-order valence-corrected chi connectivity index (χ1v) is 10.3. The van der Waals surface area contributed by atoms with Crippen LogP contribution in [0.1, 0.15) is 49.5 Å². The third-order valence-corrected chi connectivity index (χ3v) is 5.29. The first kappa shape index (κ1) is 21.1. The fraction of sp³-hybridized carbons (Fsp3) is 0.400. The highest BCUT2D eigenvalue weighted by Crippen LogP contribution is 2.40. The molecule has 0 unspecified atom stereocenters. The summed E-state index contributed by atoms with van der Waals surface area (Å²) in [6.45, 7) is 7.59. The predicted octanol–water partition coefficient (Wildman–Crippen LogP) is 4.94. The van der Waals surface area contributed by atoms with Gasteiger partial charge in [0.25, 0.3) is 5.91 Å². The molecule has 0 aromatic heterocycles. The van der Waals surface area contributed by atoms with Gasteiger partial charge in [0.1, 0.15) is 18.5 Å². The molecule has 1 aliphatic heterocycles. The molecule has 1 N–H and O–H groups in total. The Balaban J connectivity index is 1.36. The highest BCUT2D eigenvalue weighted by Gasteiger charge is 2.51. The molecule has 0 saturated carbocycles. The summed E-state index contributed by atoms with van der Waals surface area (Å²) in [6, 6.07) is 17.3. The summed E-state index contributed by atoms with van der Waals surface area (Å²) >= 11 is 0. The Kier molecular flexibility index (Phi) is 7.10. The fourth-order valence-electron chi connectivity index (χ4n) is 3.30. The van der Waals surface area contributed by atoms with Crippen molar-refractivity contribution in [2.75, 3.05) is 13.2 Å². The van der Waals surface area contributed by atoms with Crippen LogP contribution < -0.4 is 10.1 Å². The number of rotatable bonds is 10. The van der Waals surface area contributed by atoms with Crippen molar-refractivity contribution in [2.45, 2.75) is 51.7 Å². The largest absolute Gasteiger partial charge is 0.491 e. The molecule has 1 aliphatic rings. The minimum absolute atomic E-state index is 0.0392. The lowest BCUT2D eigenvalue weighted by Crippen LogP contribution is -2.25. The number of hydrogen-bond acceptors (Lipinski definition) is 3. The van der Waals surface area contributed by atoms with Gasteiger partial charge in [-0.05, 0) is 69.9 Å². The highest BCUT2D eigenvalue weighted by molar-refractivity contribution is 5.94. The number of carbonyl (C=O) groups is 1. The van der Waals surface area contributed by atoms with E-state index in [0.717, 1.165) is 25.0 Å². The lowest BCUT2D eigenvalue weighted by molar-refractivity contribution is 0.0954. The monoisotopic (exact) mass is 393 g/mol. The lowest BCUT2D eigenvalue weighted by atomic mass is 10.0. The molecule has 0 radical (unpaired) electrons. The summed E-state index contributed by atoms with van der Waals surface area (Å²) in [5.74, 6) is 0.812. The molecule has 4 nitrogen and oxygen atoms in total. The van der Waals surface area contributed by atoms with Crippen LogP contribution in [-0.4, -0.2) is 30.8 Å². The summed E-state index contributed by atoms with van der Waals surface area (Å²) in [5.41, 5.74) is 3.15. The molecule has 2 aromatic rings. The number of allylic oxidation sites excluding steroid dienone is 2. The second-order valence-corrected chi connectivity index (χ2v) is 8.07. The van der Waals surface area contributed by atoms with Gasteiger partial charge in [0, 0.05) is 12.1 Å². The average Bonchev–Trinajstić information content (AvgIpc) is 3.37. The van der Waals surface area contributed by atoms with E-state index in [-0.39, 0.29) is 17.6 Å². The van der Waals surface area contributed by atoms with E-state index in [4.69, 9.17) is 9.47 Å². The quantitative estimate of drug-likeness (QED) is 0.459. The zero-order chi connectivity index (χ0) is 20.7. The minimum atomic E-state index is -0.0527. The Hall–Kier alpha value is -2.59. The van der Waals surface area contributed by atoms with Crippen LogP contribution in [0.2, 0.25) is 0 Å². The zero-order valence-electron chi connectivity index (χ0n) is 17.6. The molecule has 0 bridgehead atoms. The number of hydrogen-bond donors (Lipinski definition) is 1. The smallest absolute Gasteiger partial charge is 0.251 e. The van der Waals surface area contributed by atoms with E-state index >= 15 is 0 Å². The van der Waals surface area contributed by atoms with Crippen molar-refractivity contribution in [3.8, 4) is 5.75 Å². The van der Waals surface area contributed by atoms with Gasteiger partial charge in [-0.15, -0.1) is 0 Å². The van der Waals surface area contributed by atoms with Crippen molar-refractivity contribution < 1.29 is 14.3 Å². The molecule has 1 saturated heterocycles. The summed E-state index contributed by atoms with van der Waals surface area (Å²) < 4.78 is 11.7. The van der Waals surface area contributed by atoms with Crippen LogP contribution in [0.3, 0.4) is 0 Å². The maximum absolute atomic E-state index is 12.0. The van der Waals surface area contributed by atoms with E-state index in [0.29, 0.717) is 18.7 Å². The molecule has 29 heavy (non-hydrogen) atoms. The molecule has 0 aliphatic carbocycles. The molecule has 1 heterocycles. The Labute approximate surface area is 173 Å². The van der Waals surface area contributed by atoms with E-state index in [2.05, 4.69) is 32.2 Å². The van der Waals surface area contributed by atoms with Crippen LogP contribution in [0.25, 0.3) is 0 Å². The third-order valence-electron chi connectivity index (χ3n) is 5.29. The Bertz CT molecular complexity index is 825. The minimum Gasteiger partial charge on any atom is -0.491 e. The SMILES string of the molecule is CC(C)=CCC[C@@]1(C)O[C@@H]1COc1ccc(CCNC(=O)c2ccccc2)cc1. The van der Waals surface area contributed by atoms with Crippen molar-refractivity contribution in [3.05, 3.63) is 77.4 Å². The van der Waals surface area contributed by atoms with Crippen LogP contribution >= 0.6 is 0 Å². The predicted molar refractivity (Wildman–Crippen MR) is 116 cm³/mol. The number of carbonyl (C=O) groups excluding carboxylic acids is 1. The van der Waals surface area contributed by atoms with Gasteiger partial charge in [0.05, 0.1) is 5.60 Å². The molecular weight excluding hydrogens is 362 g/mol. The number of ether oxygens (including phenoxy) is 2. The number of epoxide rings is 1. The molecule has 4 heteroatoms. The number of benzene rings is 2. The van der Waals surface area contributed by atoms with Gasteiger partial charge < -0.3 is 14.8 Å². The Morgan fingerprint density at radius 1 is 1.14 bits per heavy atom. The van der Waals surface area contributed by atoms with Crippen molar-refractivity contribution in [3.63, 3.8) is 0 Å². The summed E-state index contributed by atoms with van der Waals surface area (Å²) in [6.07, 6.45) is 5.28. The normalized spacial score (nSPS) is 20.0. The lowest BCUT2D eigenvalue weighted by Gasteiger charge is -2.08. The molecule has 1 fully saturated rings. The number of nitrogens with one attached hydrogen (secondary N) is 1. The molecule has 154 valence electrons. The third kappa shape index (κ3) is 6.47. The van der Waals surface area contributed by atoms with Gasteiger partial charge in [-0.3, -0.25) is 4.79 Å². The van der Waals surface area contributed by atoms with E-state index in [9.17, 15) is 4.79 Å². The highest BCUT2D eigenvalue weighted by atomic mass is 16.6. The first-order chi connectivity index (χ1) is 14.0. The standard InChI is InChI=1S/C25H31NO3/c1-19(2)8-7-16-25(3)23(29-25)18-28-22-13-11-20(12-14-22)15-17-26-24(27)21-9-5-4-6-10-21/h4-6,8-14,23H,7,15-18H2,1-3H3,(H,26,27)/t23-,25-/m1/s1.